The Balaban J connectivity index is 2.24. The summed E-state index contributed by atoms with van der Waals surface area (Å²) >= 11 is 3.34. The lowest BCUT2D eigenvalue weighted by atomic mass is 10.1. The number of carbonyl (C=O) groups excluding carboxylic acids is 1. The van der Waals surface area contributed by atoms with E-state index in [9.17, 15) is 10.1 Å². The number of aryl methyl sites for hydroxylation is 1. The van der Waals surface area contributed by atoms with E-state index in [0.717, 1.165) is 15.6 Å². The Kier molecular flexibility index (Phi) is 4.91. The van der Waals surface area contributed by atoms with Gasteiger partial charge in [-0.25, -0.2) is 0 Å². The molecule has 0 saturated heterocycles. The second kappa shape index (κ2) is 6.87. The van der Waals surface area contributed by atoms with Gasteiger partial charge in [0, 0.05) is 10.2 Å². The summed E-state index contributed by atoms with van der Waals surface area (Å²) in [6.07, 6.45) is 1.60. The third-order valence-corrected chi connectivity index (χ3v) is 3.43. The average Bonchev–Trinajstić information content (AvgIpc) is 2.46. The molecule has 0 fully saturated rings. The van der Waals surface area contributed by atoms with E-state index in [1.54, 1.807) is 18.2 Å². The van der Waals surface area contributed by atoms with E-state index in [4.69, 9.17) is 0 Å². The van der Waals surface area contributed by atoms with Crippen LogP contribution in [0.5, 0.6) is 0 Å². The van der Waals surface area contributed by atoms with Crippen molar-refractivity contribution >= 4 is 33.6 Å². The zero-order valence-corrected chi connectivity index (χ0v) is 13.0. The number of nitrogens with zero attached hydrogens (tertiary/aromatic N) is 1. The van der Waals surface area contributed by atoms with Crippen LogP contribution >= 0.6 is 15.9 Å². The minimum Gasteiger partial charge on any atom is -0.321 e. The molecule has 0 aliphatic heterocycles. The lowest BCUT2D eigenvalue weighted by molar-refractivity contribution is -0.112. The second-order valence-corrected chi connectivity index (χ2v) is 5.41. The summed E-state index contributed by atoms with van der Waals surface area (Å²) in [6.45, 7) is 1.94. The van der Waals surface area contributed by atoms with Crippen LogP contribution in [-0.4, -0.2) is 5.91 Å². The highest BCUT2D eigenvalue weighted by Crippen LogP contribution is 2.17. The SMILES string of the molecule is Cc1ccccc1/C=C(/C#N)C(=O)Nc1cccc(Br)c1. The molecule has 4 heteroatoms. The van der Waals surface area contributed by atoms with Crippen molar-refractivity contribution in [2.45, 2.75) is 6.92 Å². The van der Waals surface area contributed by atoms with Crippen molar-refractivity contribution < 1.29 is 4.79 Å². The highest BCUT2D eigenvalue weighted by molar-refractivity contribution is 9.10. The zero-order chi connectivity index (χ0) is 15.2. The Hall–Kier alpha value is -2.38. The molecule has 0 radical (unpaired) electrons. The fourth-order valence-electron chi connectivity index (χ4n) is 1.82. The molecule has 0 aromatic heterocycles. The molecule has 0 heterocycles. The fourth-order valence-corrected chi connectivity index (χ4v) is 2.22. The summed E-state index contributed by atoms with van der Waals surface area (Å²) in [5, 5.41) is 11.9. The number of benzene rings is 2. The van der Waals surface area contributed by atoms with Crippen LogP contribution < -0.4 is 5.32 Å². The van der Waals surface area contributed by atoms with Crippen molar-refractivity contribution in [3.63, 3.8) is 0 Å². The first-order valence-corrected chi connectivity index (χ1v) is 7.14. The first-order chi connectivity index (χ1) is 10.1. The maximum absolute atomic E-state index is 12.2. The summed E-state index contributed by atoms with van der Waals surface area (Å²) < 4.78 is 0.863. The van der Waals surface area contributed by atoms with Crippen LogP contribution in [0, 0.1) is 18.3 Å². The van der Waals surface area contributed by atoms with Crippen molar-refractivity contribution in [1.82, 2.24) is 0 Å². The average molecular weight is 341 g/mol. The number of hydrogen-bond donors (Lipinski definition) is 1. The molecule has 0 aliphatic rings. The van der Waals surface area contributed by atoms with Crippen LogP contribution in [0.1, 0.15) is 11.1 Å². The van der Waals surface area contributed by atoms with E-state index in [2.05, 4.69) is 21.2 Å². The van der Waals surface area contributed by atoms with Crippen LogP contribution in [0.2, 0.25) is 0 Å². The van der Waals surface area contributed by atoms with Crippen LogP contribution in [0.15, 0.2) is 58.6 Å². The van der Waals surface area contributed by atoms with Gasteiger partial charge in [0.2, 0.25) is 0 Å². The molecule has 2 aromatic carbocycles. The molecule has 0 atom stereocenters. The highest BCUT2D eigenvalue weighted by Gasteiger charge is 2.10. The van der Waals surface area contributed by atoms with E-state index in [0.29, 0.717) is 5.69 Å². The highest BCUT2D eigenvalue weighted by atomic mass is 79.9. The van der Waals surface area contributed by atoms with Gasteiger partial charge in [-0.3, -0.25) is 4.79 Å². The van der Waals surface area contributed by atoms with E-state index in [1.807, 2.05) is 49.4 Å². The third-order valence-electron chi connectivity index (χ3n) is 2.94. The largest absolute Gasteiger partial charge is 0.321 e. The maximum atomic E-state index is 12.2. The van der Waals surface area contributed by atoms with Gasteiger partial charge in [0.25, 0.3) is 5.91 Å². The molecule has 21 heavy (non-hydrogen) atoms. The Morgan fingerprint density at radius 2 is 2.00 bits per heavy atom. The number of carbonyl (C=O) groups is 1. The van der Waals surface area contributed by atoms with Gasteiger partial charge in [0.15, 0.2) is 0 Å². The zero-order valence-electron chi connectivity index (χ0n) is 11.4. The summed E-state index contributed by atoms with van der Waals surface area (Å²) in [5.41, 5.74) is 2.59. The van der Waals surface area contributed by atoms with Gasteiger partial charge in [-0.05, 0) is 42.3 Å². The summed E-state index contributed by atoms with van der Waals surface area (Å²) in [6, 6.07) is 16.8. The molecule has 2 aromatic rings. The van der Waals surface area contributed by atoms with Crippen molar-refractivity contribution in [2.75, 3.05) is 5.32 Å². The maximum Gasteiger partial charge on any atom is 0.266 e. The van der Waals surface area contributed by atoms with Crippen LogP contribution in [0.4, 0.5) is 5.69 Å². The first-order valence-electron chi connectivity index (χ1n) is 6.34. The number of anilines is 1. The minimum atomic E-state index is -0.418. The Bertz CT molecular complexity index is 744. The molecule has 0 bridgehead atoms. The van der Waals surface area contributed by atoms with Crippen LogP contribution in [0.3, 0.4) is 0 Å². The van der Waals surface area contributed by atoms with Gasteiger partial charge in [-0.1, -0.05) is 46.3 Å². The number of nitriles is 1. The summed E-state index contributed by atoms with van der Waals surface area (Å²) in [4.78, 5) is 12.2. The van der Waals surface area contributed by atoms with Gasteiger partial charge in [-0.2, -0.15) is 5.26 Å². The standard InChI is InChI=1S/C17H13BrN2O/c1-12-5-2-3-6-13(12)9-14(11-19)17(21)20-16-8-4-7-15(18)10-16/h2-10H,1H3,(H,20,21)/b14-9-. The molecule has 1 amide bonds. The van der Waals surface area contributed by atoms with Gasteiger partial charge < -0.3 is 5.32 Å². The summed E-state index contributed by atoms with van der Waals surface area (Å²) in [7, 11) is 0. The minimum absolute atomic E-state index is 0.0734. The van der Waals surface area contributed by atoms with Crippen LogP contribution in [-0.2, 0) is 4.79 Å². The lowest BCUT2D eigenvalue weighted by Gasteiger charge is -2.05. The molecule has 0 spiro atoms. The smallest absolute Gasteiger partial charge is 0.266 e. The Labute approximate surface area is 132 Å². The quantitative estimate of drug-likeness (QED) is 0.668. The van der Waals surface area contributed by atoms with E-state index in [1.165, 1.54) is 0 Å². The molecule has 2 rings (SSSR count). The molecule has 0 saturated carbocycles. The predicted octanol–water partition coefficient (Wildman–Crippen LogP) is 4.30. The normalized spacial score (nSPS) is 10.8. The fraction of sp³-hybridized carbons (Fsp3) is 0.0588. The monoisotopic (exact) mass is 340 g/mol. The number of nitrogens with one attached hydrogen (secondary N) is 1. The predicted molar refractivity (Wildman–Crippen MR) is 87.5 cm³/mol. The first kappa shape index (κ1) is 15.0. The second-order valence-electron chi connectivity index (χ2n) is 4.49. The Morgan fingerprint density at radius 3 is 2.67 bits per heavy atom. The number of amides is 1. The van der Waals surface area contributed by atoms with Gasteiger partial charge >= 0.3 is 0 Å². The molecular weight excluding hydrogens is 328 g/mol. The van der Waals surface area contributed by atoms with Crippen molar-refractivity contribution in [2.24, 2.45) is 0 Å². The van der Waals surface area contributed by atoms with Gasteiger partial charge in [0.1, 0.15) is 11.6 Å². The topological polar surface area (TPSA) is 52.9 Å². The molecule has 104 valence electrons. The van der Waals surface area contributed by atoms with E-state index in [-0.39, 0.29) is 5.57 Å². The molecule has 3 nitrogen and oxygen atoms in total. The van der Waals surface area contributed by atoms with E-state index < -0.39 is 5.91 Å². The number of rotatable bonds is 3. The van der Waals surface area contributed by atoms with Crippen molar-refractivity contribution in [1.29, 1.82) is 5.26 Å². The third kappa shape index (κ3) is 4.04. The molecular formula is C17H13BrN2O. The molecule has 0 aliphatic carbocycles. The lowest BCUT2D eigenvalue weighted by Crippen LogP contribution is -2.13. The summed E-state index contributed by atoms with van der Waals surface area (Å²) in [5.74, 6) is -0.418. The molecule has 1 N–H and O–H groups in total. The molecule has 0 unspecified atom stereocenters. The van der Waals surface area contributed by atoms with Crippen LogP contribution in [0.25, 0.3) is 6.08 Å². The number of hydrogen-bond acceptors (Lipinski definition) is 2. The van der Waals surface area contributed by atoms with Gasteiger partial charge in [0.05, 0.1) is 0 Å². The number of halogens is 1. The van der Waals surface area contributed by atoms with Crippen molar-refractivity contribution in [3.05, 3.63) is 69.7 Å². The van der Waals surface area contributed by atoms with Gasteiger partial charge in [-0.15, -0.1) is 0 Å². The van der Waals surface area contributed by atoms with E-state index >= 15 is 0 Å². The van der Waals surface area contributed by atoms with Crippen molar-refractivity contribution in [3.8, 4) is 6.07 Å². The Morgan fingerprint density at radius 1 is 1.24 bits per heavy atom.